The molecule has 0 fully saturated rings. The second-order valence-electron chi connectivity index (χ2n) is 27.3. The lowest BCUT2D eigenvalue weighted by molar-refractivity contribution is 0.672. The molecular formula is C102H62N6O2. The van der Waals surface area contributed by atoms with Gasteiger partial charge in [0.1, 0.15) is 22.3 Å². The molecule has 4 heterocycles. The lowest BCUT2D eigenvalue weighted by Crippen LogP contribution is -1.96. The topological polar surface area (TPSA) is 125 Å². The summed E-state index contributed by atoms with van der Waals surface area (Å²) in [6, 6.07) is 134. The molecule has 0 saturated heterocycles. The van der Waals surface area contributed by atoms with E-state index in [-0.39, 0.29) is 0 Å². The Morgan fingerprint density at radius 3 is 0.936 bits per heavy atom. The van der Waals surface area contributed by atoms with E-state index in [2.05, 4.69) is 273 Å². The molecule has 0 aliphatic heterocycles. The van der Waals surface area contributed by atoms with Gasteiger partial charge in [-0.3, -0.25) is 0 Å². The number of fused-ring (bicyclic) bond motifs is 10. The van der Waals surface area contributed by atoms with Crippen LogP contribution in [0.4, 0.5) is 0 Å². The summed E-state index contributed by atoms with van der Waals surface area (Å²) in [6.07, 6.45) is 0. The summed E-state index contributed by atoms with van der Waals surface area (Å²) < 4.78 is 13.3. The molecule has 8 nitrogen and oxygen atoms in total. The van der Waals surface area contributed by atoms with Gasteiger partial charge in [0.25, 0.3) is 0 Å². The molecule has 0 saturated carbocycles. The smallest absolute Gasteiger partial charge is 0.160 e. The number of hydrogen-bond donors (Lipinski definition) is 0. The molecule has 16 aromatic carbocycles. The molecule has 0 spiro atoms. The van der Waals surface area contributed by atoms with Crippen LogP contribution in [0, 0.1) is 22.7 Å². The molecule has 0 amide bonds. The van der Waals surface area contributed by atoms with Crippen LogP contribution in [0.2, 0.25) is 0 Å². The fourth-order valence-electron chi connectivity index (χ4n) is 15.3. The van der Waals surface area contributed by atoms with Crippen LogP contribution in [-0.2, 0) is 0 Å². The largest absolute Gasteiger partial charge is 0.455 e. The summed E-state index contributed by atoms with van der Waals surface area (Å²) >= 11 is 0. The second-order valence-corrected chi connectivity index (χ2v) is 27.3. The van der Waals surface area contributed by atoms with Crippen molar-refractivity contribution in [2.24, 2.45) is 0 Å². The fourth-order valence-corrected chi connectivity index (χ4v) is 15.3. The van der Waals surface area contributed by atoms with Gasteiger partial charge in [-0.15, -0.1) is 0 Å². The monoisotopic (exact) mass is 1400 g/mol. The van der Waals surface area contributed by atoms with Gasteiger partial charge in [0.15, 0.2) is 11.6 Å². The van der Waals surface area contributed by atoms with E-state index in [1.54, 1.807) is 0 Å². The van der Waals surface area contributed by atoms with Crippen molar-refractivity contribution in [3.05, 3.63) is 387 Å². The minimum Gasteiger partial charge on any atom is -0.455 e. The number of rotatable bonds is 12. The zero-order chi connectivity index (χ0) is 73.4. The predicted octanol–water partition coefficient (Wildman–Crippen LogP) is 26.8. The van der Waals surface area contributed by atoms with E-state index in [0.29, 0.717) is 22.8 Å². The Morgan fingerprint density at radius 1 is 0.200 bits per heavy atom. The van der Waals surface area contributed by atoms with Gasteiger partial charge in [-0.1, -0.05) is 297 Å². The average molecular weight is 1400 g/mol. The fraction of sp³-hybridized carbons (Fsp3) is 0. The maximum atomic E-state index is 9.43. The van der Waals surface area contributed by atoms with E-state index in [9.17, 15) is 10.5 Å². The van der Waals surface area contributed by atoms with Crippen molar-refractivity contribution in [3.63, 3.8) is 0 Å². The Labute approximate surface area is 634 Å². The Hall–Kier alpha value is -15.2. The summed E-state index contributed by atoms with van der Waals surface area (Å²) in [5.41, 5.74) is 27.4. The van der Waals surface area contributed by atoms with Crippen LogP contribution in [0.3, 0.4) is 0 Å². The number of aromatic nitrogens is 4. The van der Waals surface area contributed by atoms with Gasteiger partial charge in [0.2, 0.25) is 0 Å². The highest BCUT2D eigenvalue weighted by Gasteiger charge is 2.22. The maximum Gasteiger partial charge on any atom is 0.160 e. The Balaban J connectivity index is 0.000000149. The molecule has 0 N–H and O–H groups in total. The van der Waals surface area contributed by atoms with Crippen molar-refractivity contribution in [3.8, 4) is 147 Å². The molecule has 0 aliphatic rings. The molecule has 0 unspecified atom stereocenters. The Bertz CT molecular complexity index is 6950. The van der Waals surface area contributed by atoms with Crippen LogP contribution in [0.25, 0.3) is 200 Å². The minimum atomic E-state index is 0.639. The molecule has 0 atom stereocenters. The van der Waals surface area contributed by atoms with E-state index in [0.717, 1.165) is 188 Å². The summed E-state index contributed by atoms with van der Waals surface area (Å²) in [5.74, 6) is 1.38. The van der Waals surface area contributed by atoms with E-state index in [1.807, 2.05) is 115 Å². The van der Waals surface area contributed by atoms with Gasteiger partial charge in [0, 0.05) is 65.7 Å². The van der Waals surface area contributed by atoms with Crippen molar-refractivity contribution < 1.29 is 8.83 Å². The van der Waals surface area contributed by atoms with Crippen LogP contribution < -0.4 is 0 Å². The third-order valence-corrected chi connectivity index (χ3v) is 20.7. The van der Waals surface area contributed by atoms with Gasteiger partial charge in [-0.25, -0.2) is 19.9 Å². The minimum absolute atomic E-state index is 0.639. The molecule has 0 bridgehead atoms. The molecule has 20 aromatic rings. The highest BCUT2D eigenvalue weighted by atomic mass is 16.3. The lowest BCUT2D eigenvalue weighted by Gasteiger charge is -2.12. The lowest BCUT2D eigenvalue weighted by atomic mass is 9.92. The molecule has 20 rings (SSSR count). The number of hydrogen-bond acceptors (Lipinski definition) is 8. The zero-order valence-electron chi connectivity index (χ0n) is 59.3. The average Bonchev–Trinajstić information content (AvgIpc) is 1.57. The maximum absolute atomic E-state index is 9.43. The Kier molecular flexibility index (Phi) is 16.9. The van der Waals surface area contributed by atoms with Crippen molar-refractivity contribution >= 4 is 65.4 Å². The first-order valence-corrected chi connectivity index (χ1v) is 36.6. The van der Waals surface area contributed by atoms with Crippen LogP contribution in [0.1, 0.15) is 11.1 Å². The zero-order valence-corrected chi connectivity index (χ0v) is 59.3. The second kappa shape index (κ2) is 28.3. The summed E-state index contributed by atoms with van der Waals surface area (Å²) in [5, 5.41) is 27.4. The first-order chi connectivity index (χ1) is 54.4. The predicted molar refractivity (Wildman–Crippen MR) is 448 cm³/mol. The summed E-state index contributed by atoms with van der Waals surface area (Å²) in [7, 11) is 0. The van der Waals surface area contributed by atoms with Crippen molar-refractivity contribution in [2.45, 2.75) is 0 Å². The first kappa shape index (κ1) is 65.5. The van der Waals surface area contributed by atoms with E-state index in [1.165, 1.54) is 0 Å². The summed E-state index contributed by atoms with van der Waals surface area (Å²) in [4.78, 5) is 20.2. The molecule has 4 aromatic heterocycles. The number of benzene rings is 16. The van der Waals surface area contributed by atoms with Gasteiger partial charge >= 0.3 is 0 Å². The third kappa shape index (κ3) is 12.4. The van der Waals surface area contributed by atoms with Crippen LogP contribution in [0.5, 0.6) is 0 Å². The van der Waals surface area contributed by atoms with Gasteiger partial charge < -0.3 is 8.83 Å². The molecule has 0 radical (unpaired) electrons. The van der Waals surface area contributed by atoms with Crippen LogP contribution in [0.15, 0.2) is 385 Å². The number of nitrogens with zero attached hydrogens (tertiary/aromatic N) is 6. The molecular weight excluding hydrogens is 1340 g/mol. The number of nitriles is 2. The SMILES string of the molecule is N#Cc1ccc(-c2cc3c(oc4cccc(-c5ccc(-c6cc(-c7cccc(-c8ccccc8)c7)nc(-c7ccccc7)n6)cc5)c43)c3ccccc23)cc1.N#Cc1ccc(-c2cc3c(oc4cccc(-c5cccc(-c6cccc(-c7cc(-c8ccccc8)nc(-c8ccccc8)n7)c6)c5)c43)c3ccccc23)cc1. The molecule has 8 heteroatoms. The van der Waals surface area contributed by atoms with E-state index >= 15 is 0 Å². The standard InChI is InChI=1S/2C51H31N3O/c52-32-33-24-26-34(27-25-33)44-30-45-49-41(22-11-23-48(49)55-50(45)43-21-8-7-20-42(43)44)39-18-9-16-37(28-39)38-17-10-19-40(29-38)47-31-46(35-12-3-1-4-13-35)53-51(54-47)36-14-5-2-6-15-36;52-32-33-21-23-36(24-22-33)44-30-45-49-41(19-10-20-48(49)55-50(45)43-18-8-7-17-42(43)44)35-25-27-37(28-26-35)46-31-47(54-51(53-46)38-13-5-2-6-14-38)40-16-9-15-39(29-40)34-11-3-1-4-12-34/h2*1-31H. The van der Waals surface area contributed by atoms with E-state index < -0.39 is 0 Å². The molecule has 110 heavy (non-hydrogen) atoms. The molecule has 0 aliphatic carbocycles. The highest BCUT2D eigenvalue weighted by molar-refractivity contribution is 6.24. The van der Waals surface area contributed by atoms with Crippen molar-refractivity contribution in [1.29, 1.82) is 10.5 Å². The summed E-state index contributed by atoms with van der Waals surface area (Å²) in [6.45, 7) is 0. The third-order valence-electron chi connectivity index (χ3n) is 20.7. The van der Waals surface area contributed by atoms with Crippen LogP contribution >= 0.6 is 0 Å². The van der Waals surface area contributed by atoms with E-state index in [4.69, 9.17) is 28.8 Å². The normalized spacial score (nSPS) is 11.3. The van der Waals surface area contributed by atoms with Gasteiger partial charge in [-0.2, -0.15) is 10.5 Å². The first-order valence-electron chi connectivity index (χ1n) is 36.6. The van der Waals surface area contributed by atoms with Crippen molar-refractivity contribution in [1.82, 2.24) is 19.9 Å². The Morgan fingerprint density at radius 2 is 0.500 bits per heavy atom. The van der Waals surface area contributed by atoms with Gasteiger partial charge in [-0.05, 0) is 156 Å². The number of furan rings is 2. The highest BCUT2D eigenvalue weighted by Crippen LogP contribution is 2.47. The van der Waals surface area contributed by atoms with Gasteiger partial charge in [0.05, 0.1) is 46.0 Å². The molecule has 512 valence electrons. The van der Waals surface area contributed by atoms with Crippen LogP contribution in [-0.4, -0.2) is 19.9 Å². The van der Waals surface area contributed by atoms with Crippen molar-refractivity contribution in [2.75, 3.05) is 0 Å². The quantitative estimate of drug-likeness (QED) is 0.118.